The number of aromatic nitrogens is 5. The quantitative estimate of drug-likeness (QED) is 0.895. The van der Waals surface area contributed by atoms with Crippen LogP contribution in [0, 0.1) is 5.92 Å². The van der Waals surface area contributed by atoms with Gasteiger partial charge in [-0.15, -0.1) is 10.2 Å². The van der Waals surface area contributed by atoms with E-state index in [2.05, 4.69) is 37.4 Å². The zero-order chi connectivity index (χ0) is 15.7. The van der Waals surface area contributed by atoms with Crippen molar-refractivity contribution in [3.8, 4) is 11.4 Å². The summed E-state index contributed by atoms with van der Waals surface area (Å²) in [6, 6.07) is 1.82. The Morgan fingerprint density at radius 3 is 2.64 bits per heavy atom. The standard InChI is InChI=1S/C13H18N6O2S/c1-9-4-7-19(8-5-9)10-3-6-14-13(22(2,20)21)11(10)12-15-17-18-16-12/h3,6,9H,4-5,7-8H2,1-2H3,(H,15,16,17,18). The third kappa shape index (κ3) is 2.80. The van der Waals surface area contributed by atoms with E-state index in [9.17, 15) is 8.42 Å². The van der Waals surface area contributed by atoms with Crippen molar-refractivity contribution in [2.45, 2.75) is 24.8 Å². The number of piperidine rings is 1. The number of H-pyrrole nitrogens is 1. The fourth-order valence-electron chi connectivity index (χ4n) is 2.71. The molecule has 0 atom stereocenters. The van der Waals surface area contributed by atoms with E-state index in [1.54, 1.807) is 0 Å². The Bertz CT molecular complexity index is 751. The molecule has 0 unspecified atom stereocenters. The van der Waals surface area contributed by atoms with Gasteiger partial charge in [0.1, 0.15) is 0 Å². The fraction of sp³-hybridized carbons (Fsp3) is 0.538. The summed E-state index contributed by atoms with van der Waals surface area (Å²) in [5, 5.41) is 13.8. The molecule has 118 valence electrons. The van der Waals surface area contributed by atoms with Gasteiger partial charge in [0.25, 0.3) is 0 Å². The van der Waals surface area contributed by atoms with Gasteiger partial charge >= 0.3 is 0 Å². The van der Waals surface area contributed by atoms with Crippen molar-refractivity contribution >= 4 is 15.5 Å². The predicted molar refractivity (Wildman–Crippen MR) is 81.1 cm³/mol. The van der Waals surface area contributed by atoms with Crippen molar-refractivity contribution in [2.24, 2.45) is 5.92 Å². The van der Waals surface area contributed by atoms with E-state index in [4.69, 9.17) is 0 Å². The lowest BCUT2D eigenvalue weighted by molar-refractivity contribution is 0.438. The average molecular weight is 322 g/mol. The van der Waals surface area contributed by atoms with Crippen molar-refractivity contribution in [1.82, 2.24) is 25.6 Å². The molecule has 1 fully saturated rings. The van der Waals surface area contributed by atoms with Gasteiger partial charge in [-0.1, -0.05) is 6.92 Å². The summed E-state index contributed by atoms with van der Waals surface area (Å²) in [6.07, 6.45) is 4.80. The minimum atomic E-state index is -3.49. The minimum absolute atomic E-state index is 0.00924. The Hall–Kier alpha value is -2.03. The van der Waals surface area contributed by atoms with Gasteiger partial charge in [-0.05, 0) is 30.0 Å². The molecule has 2 aromatic heterocycles. The van der Waals surface area contributed by atoms with Gasteiger partial charge in [-0.25, -0.2) is 13.4 Å². The first kappa shape index (κ1) is 14.9. The highest BCUT2D eigenvalue weighted by Gasteiger charge is 2.27. The second-order valence-electron chi connectivity index (χ2n) is 5.69. The first-order valence-electron chi connectivity index (χ1n) is 7.14. The zero-order valence-electron chi connectivity index (χ0n) is 12.5. The number of hydrogen-bond donors (Lipinski definition) is 1. The summed E-state index contributed by atoms with van der Waals surface area (Å²) < 4.78 is 24.1. The minimum Gasteiger partial charge on any atom is -0.371 e. The maximum absolute atomic E-state index is 12.1. The van der Waals surface area contributed by atoms with Crippen LogP contribution >= 0.6 is 0 Å². The summed E-state index contributed by atoms with van der Waals surface area (Å²) in [5.74, 6) is 0.934. The van der Waals surface area contributed by atoms with E-state index in [1.807, 2.05) is 6.07 Å². The Morgan fingerprint density at radius 1 is 1.32 bits per heavy atom. The Balaban J connectivity index is 2.14. The number of aromatic amines is 1. The van der Waals surface area contributed by atoms with Gasteiger partial charge < -0.3 is 4.90 Å². The van der Waals surface area contributed by atoms with Crippen LogP contribution in [0.25, 0.3) is 11.4 Å². The Labute approximate surface area is 128 Å². The summed E-state index contributed by atoms with van der Waals surface area (Å²) in [4.78, 5) is 6.21. The highest BCUT2D eigenvalue weighted by Crippen LogP contribution is 2.34. The topological polar surface area (TPSA) is 105 Å². The monoisotopic (exact) mass is 322 g/mol. The highest BCUT2D eigenvalue weighted by molar-refractivity contribution is 7.90. The number of nitrogens with one attached hydrogen (secondary N) is 1. The summed E-state index contributed by atoms with van der Waals surface area (Å²) in [6.45, 7) is 3.98. The number of hydrogen-bond acceptors (Lipinski definition) is 7. The van der Waals surface area contributed by atoms with E-state index in [0.29, 0.717) is 11.5 Å². The van der Waals surface area contributed by atoms with E-state index < -0.39 is 9.84 Å². The lowest BCUT2D eigenvalue weighted by atomic mass is 9.98. The molecule has 0 aliphatic carbocycles. The first-order chi connectivity index (χ1) is 10.5. The number of rotatable bonds is 3. The van der Waals surface area contributed by atoms with E-state index >= 15 is 0 Å². The van der Waals surface area contributed by atoms with Crippen LogP contribution in [-0.4, -0.2) is 53.4 Å². The maximum atomic E-state index is 12.1. The van der Waals surface area contributed by atoms with Crippen LogP contribution in [0.4, 0.5) is 5.69 Å². The molecule has 1 aliphatic rings. The third-order valence-electron chi connectivity index (χ3n) is 3.94. The van der Waals surface area contributed by atoms with E-state index in [-0.39, 0.29) is 10.9 Å². The molecular weight excluding hydrogens is 304 g/mol. The molecular formula is C13H18N6O2S. The van der Waals surface area contributed by atoms with Gasteiger partial charge in [0.15, 0.2) is 14.9 Å². The van der Waals surface area contributed by atoms with E-state index in [0.717, 1.165) is 37.9 Å². The van der Waals surface area contributed by atoms with Crippen LogP contribution in [0.15, 0.2) is 17.3 Å². The predicted octanol–water partition coefficient (Wildman–Crippen LogP) is 0.901. The van der Waals surface area contributed by atoms with E-state index in [1.165, 1.54) is 6.20 Å². The van der Waals surface area contributed by atoms with Crippen molar-refractivity contribution in [1.29, 1.82) is 0 Å². The number of sulfone groups is 1. The van der Waals surface area contributed by atoms with Gasteiger partial charge in [-0.2, -0.15) is 5.21 Å². The maximum Gasteiger partial charge on any atom is 0.209 e. The smallest absolute Gasteiger partial charge is 0.209 e. The molecule has 0 amide bonds. The average Bonchev–Trinajstić information content (AvgIpc) is 3.00. The molecule has 0 spiro atoms. The molecule has 3 rings (SSSR count). The number of nitrogens with zero attached hydrogens (tertiary/aromatic N) is 5. The summed E-state index contributed by atoms with van der Waals surface area (Å²) in [5.41, 5.74) is 1.22. The largest absolute Gasteiger partial charge is 0.371 e. The normalized spacial score (nSPS) is 16.9. The highest BCUT2D eigenvalue weighted by atomic mass is 32.2. The number of tetrazole rings is 1. The molecule has 0 aromatic carbocycles. The van der Waals surface area contributed by atoms with Crippen LogP contribution in [0.3, 0.4) is 0 Å². The van der Waals surface area contributed by atoms with Gasteiger partial charge in [0.2, 0.25) is 5.82 Å². The Kier molecular flexibility index (Phi) is 3.81. The number of anilines is 1. The SMILES string of the molecule is CC1CCN(c2ccnc(S(C)(=O)=O)c2-c2nn[nH]n2)CC1. The van der Waals surface area contributed by atoms with Crippen molar-refractivity contribution in [3.63, 3.8) is 0 Å². The fourth-order valence-corrected chi connectivity index (χ4v) is 3.52. The molecule has 8 nitrogen and oxygen atoms in total. The van der Waals surface area contributed by atoms with Crippen LogP contribution in [-0.2, 0) is 9.84 Å². The Morgan fingerprint density at radius 2 is 2.05 bits per heavy atom. The molecule has 0 saturated carbocycles. The van der Waals surface area contributed by atoms with Gasteiger partial charge in [-0.3, -0.25) is 0 Å². The molecule has 0 bridgehead atoms. The molecule has 0 radical (unpaired) electrons. The van der Waals surface area contributed by atoms with Crippen LogP contribution in [0.5, 0.6) is 0 Å². The second-order valence-corrected chi connectivity index (χ2v) is 7.62. The van der Waals surface area contributed by atoms with Crippen molar-refractivity contribution in [2.75, 3.05) is 24.2 Å². The van der Waals surface area contributed by atoms with Crippen LogP contribution < -0.4 is 4.90 Å². The molecule has 22 heavy (non-hydrogen) atoms. The molecule has 1 N–H and O–H groups in total. The van der Waals surface area contributed by atoms with Crippen LogP contribution in [0.2, 0.25) is 0 Å². The van der Waals surface area contributed by atoms with Crippen molar-refractivity contribution < 1.29 is 8.42 Å². The molecule has 9 heteroatoms. The van der Waals surface area contributed by atoms with Crippen molar-refractivity contribution in [3.05, 3.63) is 12.3 Å². The van der Waals surface area contributed by atoms with Gasteiger partial charge in [0.05, 0.1) is 11.3 Å². The zero-order valence-corrected chi connectivity index (χ0v) is 13.3. The second kappa shape index (κ2) is 5.64. The molecule has 1 aliphatic heterocycles. The number of pyridine rings is 1. The summed E-state index contributed by atoms with van der Waals surface area (Å²) in [7, 11) is -3.49. The molecule has 1 saturated heterocycles. The van der Waals surface area contributed by atoms with Crippen LogP contribution in [0.1, 0.15) is 19.8 Å². The first-order valence-corrected chi connectivity index (χ1v) is 9.04. The third-order valence-corrected chi connectivity index (χ3v) is 4.95. The lowest BCUT2D eigenvalue weighted by Gasteiger charge is -2.33. The lowest BCUT2D eigenvalue weighted by Crippen LogP contribution is -2.33. The van der Waals surface area contributed by atoms with Gasteiger partial charge in [0, 0.05) is 25.5 Å². The summed E-state index contributed by atoms with van der Waals surface area (Å²) >= 11 is 0. The molecule has 2 aromatic rings. The molecule has 3 heterocycles.